The maximum Gasteiger partial charge on any atom is 0.258 e. The molecule has 0 radical (unpaired) electrons. The van der Waals surface area contributed by atoms with Crippen LogP contribution < -0.4 is 15.4 Å². The molecule has 2 amide bonds. The molecule has 0 aromatic carbocycles. The number of carbonyl (C=O) groups excluding carboxylic acids is 2. The molecule has 1 aromatic heterocycles. The van der Waals surface area contributed by atoms with E-state index in [0.717, 1.165) is 19.3 Å². The molecule has 0 saturated heterocycles. The number of nitrogens with one attached hydrogen (secondary N) is 2. The minimum atomic E-state index is -0.549. The van der Waals surface area contributed by atoms with Gasteiger partial charge in [-0.25, -0.2) is 4.68 Å². The number of hydrogen-bond acceptors (Lipinski definition) is 4. The average Bonchev–Trinajstić information content (AvgIpc) is 3.27. The molecule has 2 aliphatic carbocycles. The Hall–Kier alpha value is -2.31. The van der Waals surface area contributed by atoms with Crippen LogP contribution in [0.3, 0.4) is 0 Å². The molecule has 0 spiro atoms. The minimum Gasteiger partial charge on any atom is -0.477 e. The summed E-state index contributed by atoms with van der Waals surface area (Å²) in [5.41, 5.74) is 0.179. The third-order valence-electron chi connectivity index (χ3n) is 6.24. The van der Waals surface area contributed by atoms with Gasteiger partial charge in [0.25, 0.3) is 5.91 Å². The van der Waals surface area contributed by atoms with E-state index in [2.05, 4.69) is 36.5 Å². The highest BCUT2D eigenvalue weighted by Crippen LogP contribution is 2.56. The molecular formula is C23H36N4O3. The van der Waals surface area contributed by atoms with Gasteiger partial charge in [0.15, 0.2) is 0 Å². The van der Waals surface area contributed by atoms with E-state index in [1.807, 2.05) is 19.9 Å². The van der Waals surface area contributed by atoms with Crippen molar-refractivity contribution in [1.82, 2.24) is 20.4 Å². The van der Waals surface area contributed by atoms with Crippen LogP contribution >= 0.6 is 0 Å². The van der Waals surface area contributed by atoms with Crippen molar-refractivity contribution in [2.24, 2.45) is 11.3 Å². The van der Waals surface area contributed by atoms with Gasteiger partial charge >= 0.3 is 0 Å². The van der Waals surface area contributed by atoms with Gasteiger partial charge in [-0.2, -0.15) is 5.10 Å². The van der Waals surface area contributed by atoms with Gasteiger partial charge in [0.2, 0.25) is 11.8 Å². The lowest BCUT2D eigenvalue weighted by molar-refractivity contribution is -0.120. The number of aromatic nitrogens is 2. The molecule has 166 valence electrons. The van der Waals surface area contributed by atoms with Crippen molar-refractivity contribution in [2.75, 3.05) is 6.61 Å². The SMILES string of the molecule is CC(=O)NC(C)(C)/C=C/n1ncc(C(=O)NC23CCC(C)(CC2)C3)c1OCC(C)C. The molecule has 0 aliphatic heterocycles. The van der Waals surface area contributed by atoms with E-state index in [1.54, 1.807) is 17.1 Å². The Kier molecular flexibility index (Phi) is 6.03. The normalized spacial score (nSPS) is 25.8. The van der Waals surface area contributed by atoms with Gasteiger partial charge in [0, 0.05) is 18.7 Å². The van der Waals surface area contributed by atoms with Gasteiger partial charge in [0.1, 0.15) is 5.56 Å². The van der Waals surface area contributed by atoms with Crippen LogP contribution in [0.25, 0.3) is 6.20 Å². The van der Waals surface area contributed by atoms with E-state index in [9.17, 15) is 9.59 Å². The van der Waals surface area contributed by atoms with Crippen LogP contribution in [0, 0.1) is 11.3 Å². The maximum absolute atomic E-state index is 13.2. The molecule has 1 aromatic rings. The topological polar surface area (TPSA) is 85.2 Å². The standard InChI is InChI=1S/C23H36N4O3/c1-16(2)14-30-20-18(13-24-27(20)12-11-21(4,5)25-17(3)28)19(29)26-23-9-7-22(6,15-23)8-10-23/h11-13,16H,7-10,14-15H2,1-6H3,(H,25,28)(H,26,29)/b12-11+. The number of hydrogen-bond donors (Lipinski definition) is 2. The fourth-order valence-electron chi connectivity index (χ4n) is 4.73. The van der Waals surface area contributed by atoms with Crippen molar-refractivity contribution in [3.05, 3.63) is 17.8 Å². The van der Waals surface area contributed by atoms with Crippen molar-refractivity contribution in [2.45, 2.75) is 84.7 Å². The fraction of sp³-hybridized carbons (Fsp3) is 0.696. The Morgan fingerprint density at radius 1 is 1.30 bits per heavy atom. The lowest BCUT2D eigenvalue weighted by Crippen LogP contribution is -2.45. The van der Waals surface area contributed by atoms with E-state index < -0.39 is 5.54 Å². The molecule has 2 saturated carbocycles. The average molecular weight is 417 g/mol. The van der Waals surface area contributed by atoms with E-state index in [1.165, 1.54) is 19.8 Å². The van der Waals surface area contributed by atoms with Gasteiger partial charge in [-0.15, -0.1) is 0 Å². The number of ether oxygens (including phenoxy) is 1. The third-order valence-corrected chi connectivity index (χ3v) is 6.24. The molecule has 2 fully saturated rings. The zero-order valence-electron chi connectivity index (χ0n) is 19.2. The summed E-state index contributed by atoms with van der Waals surface area (Å²) in [5.74, 6) is 0.515. The summed E-state index contributed by atoms with van der Waals surface area (Å²) >= 11 is 0. The van der Waals surface area contributed by atoms with Gasteiger partial charge in [0.05, 0.1) is 18.3 Å². The van der Waals surface area contributed by atoms with Crippen LogP contribution in [0.5, 0.6) is 5.88 Å². The summed E-state index contributed by atoms with van der Waals surface area (Å²) in [6.07, 6.45) is 10.6. The van der Waals surface area contributed by atoms with Gasteiger partial charge in [-0.1, -0.05) is 20.8 Å². The van der Waals surface area contributed by atoms with Crippen LogP contribution in [-0.4, -0.2) is 39.3 Å². The minimum absolute atomic E-state index is 0.0908. The third kappa shape index (κ3) is 5.05. The van der Waals surface area contributed by atoms with Crippen molar-refractivity contribution in [3.63, 3.8) is 0 Å². The van der Waals surface area contributed by atoms with Crippen molar-refractivity contribution < 1.29 is 14.3 Å². The van der Waals surface area contributed by atoms with E-state index in [0.29, 0.717) is 29.4 Å². The first-order chi connectivity index (χ1) is 13.9. The molecule has 7 heteroatoms. The lowest BCUT2D eigenvalue weighted by atomic mass is 9.86. The number of rotatable bonds is 8. The summed E-state index contributed by atoms with van der Waals surface area (Å²) < 4.78 is 7.57. The summed E-state index contributed by atoms with van der Waals surface area (Å²) in [7, 11) is 0. The van der Waals surface area contributed by atoms with Crippen molar-refractivity contribution >= 4 is 18.0 Å². The predicted molar refractivity (Wildman–Crippen MR) is 117 cm³/mol. The predicted octanol–water partition coefficient (Wildman–Crippen LogP) is 3.76. The summed E-state index contributed by atoms with van der Waals surface area (Å²) in [6.45, 7) is 12.2. The smallest absolute Gasteiger partial charge is 0.258 e. The lowest BCUT2D eigenvalue weighted by Gasteiger charge is -2.28. The van der Waals surface area contributed by atoms with E-state index in [-0.39, 0.29) is 17.4 Å². The first-order valence-corrected chi connectivity index (χ1v) is 10.9. The molecule has 2 aliphatic rings. The van der Waals surface area contributed by atoms with Crippen molar-refractivity contribution in [3.8, 4) is 5.88 Å². The number of carbonyl (C=O) groups is 2. The molecule has 30 heavy (non-hydrogen) atoms. The van der Waals surface area contributed by atoms with Crippen LogP contribution in [0.4, 0.5) is 0 Å². The summed E-state index contributed by atoms with van der Waals surface area (Å²) in [5, 5.41) is 10.6. The number of fused-ring (bicyclic) bond motifs is 2. The largest absolute Gasteiger partial charge is 0.477 e. The van der Waals surface area contributed by atoms with Gasteiger partial charge in [-0.3, -0.25) is 9.59 Å². The Morgan fingerprint density at radius 2 is 1.97 bits per heavy atom. The Bertz CT molecular complexity index is 830. The highest BCUT2D eigenvalue weighted by molar-refractivity contribution is 5.97. The number of nitrogens with zero attached hydrogens (tertiary/aromatic N) is 2. The second kappa shape index (κ2) is 8.08. The second-order valence-electron chi connectivity index (χ2n) is 10.5. The fourth-order valence-corrected chi connectivity index (χ4v) is 4.73. The second-order valence-corrected chi connectivity index (χ2v) is 10.5. The molecular weight excluding hydrogens is 380 g/mol. The van der Waals surface area contributed by atoms with Crippen LogP contribution in [0.2, 0.25) is 0 Å². The molecule has 1 heterocycles. The number of amides is 2. The first-order valence-electron chi connectivity index (χ1n) is 10.9. The molecule has 2 bridgehead atoms. The quantitative estimate of drug-likeness (QED) is 0.676. The van der Waals surface area contributed by atoms with Crippen LogP contribution in [0.15, 0.2) is 12.3 Å². The highest BCUT2D eigenvalue weighted by atomic mass is 16.5. The van der Waals surface area contributed by atoms with Crippen molar-refractivity contribution in [1.29, 1.82) is 0 Å². The Labute approximate surface area is 179 Å². The first kappa shape index (κ1) is 22.4. The molecule has 2 N–H and O–H groups in total. The molecule has 7 nitrogen and oxygen atoms in total. The van der Waals surface area contributed by atoms with Gasteiger partial charge < -0.3 is 15.4 Å². The highest BCUT2D eigenvalue weighted by Gasteiger charge is 2.52. The summed E-state index contributed by atoms with van der Waals surface area (Å²) in [4.78, 5) is 24.6. The monoisotopic (exact) mass is 416 g/mol. The molecule has 0 atom stereocenters. The molecule has 3 rings (SSSR count). The zero-order valence-corrected chi connectivity index (χ0v) is 19.2. The Balaban J connectivity index is 1.82. The molecule has 0 unspecified atom stereocenters. The van der Waals surface area contributed by atoms with Crippen LogP contribution in [-0.2, 0) is 4.79 Å². The summed E-state index contributed by atoms with van der Waals surface area (Å²) in [6, 6.07) is 0. The zero-order chi connectivity index (χ0) is 22.2. The van der Waals surface area contributed by atoms with Gasteiger partial charge in [-0.05, 0) is 63.4 Å². The Morgan fingerprint density at radius 3 is 2.50 bits per heavy atom. The van der Waals surface area contributed by atoms with E-state index >= 15 is 0 Å². The van der Waals surface area contributed by atoms with Crippen LogP contribution in [0.1, 0.15) is 84.0 Å². The maximum atomic E-state index is 13.2. The van der Waals surface area contributed by atoms with E-state index in [4.69, 9.17) is 4.74 Å².